The minimum absolute atomic E-state index is 0.696. The average Bonchev–Trinajstić information content (AvgIpc) is 2.09. The molecule has 1 rings (SSSR count). The van der Waals surface area contributed by atoms with E-state index in [0.717, 1.165) is 17.3 Å². The van der Waals surface area contributed by atoms with E-state index in [1.54, 1.807) is 11.8 Å². The Morgan fingerprint density at radius 3 is 2.55 bits per heavy atom. The summed E-state index contributed by atoms with van der Waals surface area (Å²) in [4.78, 5) is 1.34. The highest BCUT2D eigenvalue weighted by atomic mass is 32.2. The summed E-state index contributed by atoms with van der Waals surface area (Å²) in [5.74, 6) is 1.73. The lowest BCUT2D eigenvalue weighted by Gasteiger charge is -2.02. The van der Waals surface area contributed by atoms with Crippen LogP contribution < -0.4 is 0 Å². The van der Waals surface area contributed by atoms with E-state index < -0.39 is 0 Å². The molecule has 1 aliphatic heterocycles. The van der Waals surface area contributed by atoms with Gasteiger partial charge in [-0.25, -0.2) is 0 Å². The number of hydrogen-bond donors (Lipinski definition) is 0. The van der Waals surface area contributed by atoms with Crippen molar-refractivity contribution in [2.24, 2.45) is 5.92 Å². The van der Waals surface area contributed by atoms with E-state index in [-0.39, 0.29) is 0 Å². The van der Waals surface area contributed by atoms with Crippen LogP contribution in [0.3, 0.4) is 0 Å². The van der Waals surface area contributed by atoms with Crippen LogP contribution in [0.2, 0.25) is 0 Å². The first-order chi connectivity index (χ1) is 5.09. The maximum absolute atomic E-state index is 5.32. The molecule has 0 fully saturated rings. The predicted molar refractivity (Wildman–Crippen MR) is 50.0 cm³/mol. The lowest BCUT2D eigenvalue weighted by atomic mass is 10.1. The molecule has 1 aliphatic rings. The molecule has 0 saturated carbocycles. The summed E-state index contributed by atoms with van der Waals surface area (Å²) in [5.41, 5.74) is 0. The molecule has 1 nitrogen and oxygen atoms in total. The number of thioether (sulfide) groups is 1. The van der Waals surface area contributed by atoms with Gasteiger partial charge >= 0.3 is 0 Å². The Balaban J connectivity index is 2.57. The summed E-state index contributed by atoms with van der Waals surface area (Å²) in [6.45, 7) is 10.2. The highest BCUT2D eigenvalue weighted by molar-refractivity contribution is 8.06. The van der Waals surface area contributed by atoms with Gasteiger partial charge in [0, 0.05) is 4.91 Å². The highest BCUT2D eigenvalue weighted by Gasteiger charge is 2.17. The highest BCUT2D eigenvalue weighted by Crippen LogP contribution is 2.40. The fourth-order valence-electron chi connectivity index (χ4n) is 1.01. The smallest absolute Gasteiger partial charge is 0.157 e. The third-order valence-electron chi connectivity index (χ3n) is 1.49. The molecular formula is C9H14OS. The van der Waals surface area contributed by atoms with Crippen molar-refractivity contribution in [1.82, 2.24) is 0 Å². The van der Waals surface area contributed by atoms with Crippen LogP contribution >= 0.6 is 11.8 Å². The Hall–Kier alpha value is -0.370. The molecule has 0 aromatic heterocycles. The molecule has 0 atom stereocenters. The van der Waals surface area contributed by atoms with Gasteiger partial charge in [-0.15, -0.1) is 0 Å². The van der Waals surface area contributed by atoms with Crippen molar-refractivity contribution >= 4 is 11.8 Å². The second-order valence-electron chi connectivity index (χ2n) is 3.15. The Kier molecular flexibility index (Phi) is 2.66. The van der Waals surface area contributed by atoms with Crippen LogP contribution in [0.5, 0.6) is 0 Å². The molecule has 62 valence electrons. The van der Waals surface area contributed by atoms with Gasteiger partial charge in [0.05, 0.1) is 0 Å². The molecule has 0 bridgehead atoms. The van der Waals surface area contributed by atoms with E-state index in [0.29, 0.717) is 5.92 Å². The number of hydrogen-bond acceptors (Lipinski definition) is 2. The molecule has 1 heterocycles. The van der Waals surface area contributed by atoms with E-state index in [4.69, 9.17) is 4.74 Å². The Labute approximate surface area is 72.5 Å². The first-order valence-electron chi connectivity index (χ1n) is 3.84. The lowest BCUT2D eigenvalue weighted by molar-refractivity contribution is 0.346. The maximum atomic E-state index is 5.32. The van der Waals surface area contributed by atoms with Crippen LogP contribution in [0.1, 0.15) is 27.2 Å². The number of ether oxygens (including phenoxy) is 1. The summed E-state index contributed by atoms with van der Waals surface area (Å²) < 4.78 is 5.32. The molecular weight excluding hydrogens is 156 g/mol. The van der Waals surface area contributed by atoms with Crippen molar-refractivity contribution in [2.75, 3.05) is 0 Å². The zero-order valence-corrected chi connectivity index (χ0v) is 8.12. The fraction of sp³-hybridized carbons (Fsp3) is 0.556. The molecule has 0 aliphatic carbocycles. The minimum Gasteiger partial charge on any atom is -0.455 e. The van der Waals surface area contributed by atoms with Gasteiger partial charge in [-0.2, -0.15) is 0 Å². The first-order valence-corrected chi connectivity index (χ1v) is 4.65. The molecule has 0 aromatic carbocycles. The number of allylic oxidation sites excluding steroid dienone is 2. The quantitative estimate of drug-likeness (QED) is 0.627. The first kappa shape index (κ1) is 8.72. The molecule has 0 N–H and O–H groups in total. The SMILES string of the molecule is C=C1OC(C)=C(CC(C)C)S1. The van der Waals surface area contributed by atoms with Gasteiger partial charge in [-0.3, -0.25) is 0 Å². The summed E-state index contributed by atoms with van der Waals surface area (Å²) >= 11 is 1.66. The van der Waals surface area contributed by atoms with E-state index in [1.807, 2.05) is 6.92 Å². The molecule has 0 radical (unpaired) electrons. The normalized spacial score (nSPS) is 18.0. The van der Waals surface area contributed by atoms with Crippen LogP contribution in [0.15, 0.2) is 22.3 Å². The van der Waals surface area contributed by atoms with Gasteiger partial charge in [-0.05, 0) is 25.8 Å². The largest absolute Gasteiger partial charge is 0.455 e. The van der Waals surface area contributed by atoms with Gasteiger partial charge in [0.2, 0.25) is 0 Å². The Morgan fingerprint density at radius 2 is 2.18 bits per heavy atom. The van der Waals surface area contributed by atoms with Gasteiger partial charge in [-0.1, -0.05) is 25.6 Å². The lowest BCUT2D eigenvalue weighted by Crippen LogP contribution is -1.87. The van der Waals surface area contributed by atoms with E-state index in [1.165, 1.54) is 4.91 Å². The van der Waals surface area contributed by atoms with Crippen molar-refractivity contribution in [1.29, 1.82) is 0 Å². The van der Waals surface area contributed by atoms with Crippen molar-refractivity contribution < 1.29 is 4.74 Å². The van der Waals surface area contributed by atoms with E-state index in [9.17, 15) is 0 Å². The summed E-state index contributed by atoms with van der Waals surface area (Å²) in [6.07, 6.45) is 1.11. The Bertz CT molecular complexity index is 204. The number of rotatable bonds is 2. The van der Waals surface area contributed by atoms with Gasteiger partial charge in [0.25, 0.3) is 0 Å². The van der Waals surface area contributed by atoms with Crippen LogP contribution in [0.4, 0.5) is 0 Å². The molecule has 11 heavy (non-hydrogen) atoms. The fourth-order valence-corrected chi connectivity index (χ4v) is 2.06. The molecule has 0 saturated heterocycles. The van der Waals surface area contributed by atoms with Crippen LogP contribution in [0, 0.1) is 5.92 Å². The maximum Gasteiger partial charge on any atom is 0.157 e. The predicted octanol–water partition coefficient (Wildman–Crippen LogP) is 3.50. The average molecular weight is 170 g/mol. The van der Waals surface area contributed by atoms with Gasteiger partial charge in [0.15, 0.2) is 5.09 Å². The van der Waals surface area contributed by atoms with Crippen LogP contribution in [-0.4, -0.2) is 0 Å². The van der Waals surface area contributed by atoms with Gasteiger partial charge < -0.3 is 4.74 Å². The van der Waals surface area contributed by atoms with Crippen molar-refractivity contribution in [3.05, 3.63) is 22.3 Å². The Morgan fingerprint density at radius 1 is 1.55 bits per heavy atom. The van der Waals surface area contributed by atoms with Crippen molar-refractivity contribution in [3.63, 3.8) is 0 Å². The monoisotopic (exact) mass is 170 g/mol. The zero-order chi connectivity index (χ0) is 8.43. The van der Waals surface area contributed by atoms with Crippen molar-refractivity contribution in [3.8, 4) is 0 Å². The van der Waals surface area contributed by atoms with Gasteiger partial charge in [0.1, 0.15) is 5.76 Å². The van der Waals surface area contributed by atoms with Crippen LogP contribution in [0.25, 0.3) is 0 Å². The summed E-state index contributed by atoms with van der Waals surface area (Å²) in [7, 11) is 0. The molecule has 0 aromatic rings. The van der Waals surface area contributed by atoms with Crippen LogP contribution in [-0.2, 0) is 4.74 Å². The van der Waals surface area contributed by atoms with E-state index >= 15 is 0 Å². The summed E-state index contributed by atoms with van der Waals surface area (Å²) in [5, 5.41) is 0.818. The third kappa shape index (κ3) is 2.29. The second kappa shape index (κ2) is 3.35. The minimum atomic E-state index is 0.696. The molecule has 0 spiro atoms. The molecule has 0 unspecified atom stereocenters. The second-order valence-corrected chi connectivity index (χ2v) is 4.31. The molecule has 0 amide bonds. The standard InChI is InChI=1S/C9H14OS/c1-6(2)5-9-7(3)10-8(4)11-9/h6H,4-5H2,1-3H3. The van der Waals surface area contributed by atoms with Crippen molar-refractivity contribution in [2.45, 2.75) is 27.2 Å². The molecule has 2 heteroatoms. The summed E-state index contributed by atoms with van der Waals surface area (Å²) in [6, 6.07) is 0. The zero-order valence-electron chi connectivity index (χ0n) is 7.31. The topological polar surface area (TPSA) is 9.23 Å². The van der Waals surface area contributed by atoms with E-state index in [2.05, 4.69) is 20.4 Å². The third-order valence-corrected chi connectivity index (χ3v) is 2.50.